The Labute approximate surface area is 134 Å². The maximum atomic E-state index is 12.3. The normalized spacial score (nSPS) is 15.2. The number of rotatable bonds is 7. The fraction of sp³-hybridized carbons (Fsp3) is 0.429. The summed E-state index contributed by atoms with van der Waals surface area (Å²) in [5.41, 5.74) is 0. The molecule has 0 radical (unpaired) electrons. The summed E-state index contributed by atoms with van der Waals surface area (Å²) in [6, 6.07) is 5.17. The Kier molecular flexibility index (Phi) is 4.42. The summed E-state index contributed by atoms with van der Waals surface area (Å²) in [5, 5.41) is 4.93. The van der Waals surface area contributed by atoms with Crippen molar-refractivity contribution in [2.24, 2.45) is 0 Å². The Balaban J connectivity index is 1.55. The summed E-state index contributed by atoms with van der Waals surface area (Å²) in [6.07, 6.45) is 4.06. The van der Waals surface area contributed by atoms with E-state index in [9.17, 15) is 8.42 Å². The minimum Gasteiger partial charge on any atom is -0.369 e. The second-order valence-corrected chi connectivity index (χ2v) is 8.48. The van der Waals surface area contributed by atoms with Gasteiger partial charge in [-0.05, 0) is 30.4 Å². The molecular weight excluding hydrogens is 320 g/mol. The molecule has 1 fully saturated rings. The lowest BCUT2D eigenvalue weighted by Crippen LogP contribution is -2.31. The highest BCUT2D eigenvalue weighted by Crippen LogP contribution is 2.37. The molecule has 2 aromatic heterocycles. The van der Waals surface area contributed by atoms with Gasteiger partial charge in [0.15, 0.2) is 0 Å². The predicted octanol–water partition coefficient (Wildman–Crippen LogP) is 2.15. The van der Waals surface area contributed by atoms with E-state index in [1.165, 1.54) is 15.6 Å². The van der Waals surface area contributed by atoms with Crippen molar-refractivity contribution in [3.05, 3.63) is 35.6 Å². The van der Waals surface area contributed by atoms with E-state index in [4.69, 9.17) is 0 Å². The van der Waals surface area contributed by atoms with Crippen LogP contribution >= 0.6 is 11.3 Å². The third-order valence-corrected chi connectivity index (χ3v) is 6.74. The summed E-state index contributed by atoms with van der Waals surface area (Å²) in [5.74, 6) is 2.13. The first-order chi connectivity index (χ1) is 10.6. The van der Waals surface area contributed by atoms with E-state index in [0.717, 1.165) is 24.5 Å². The van der Waals surface area contributed by atoms with E-state index in [1.54, 1.807) is 36.8 Å². The molecule has 0 atom stereocenters. The molecule has 2 aromatic rings. The number of hydrogen-bond donors (Lipinski definition) is 1. The van der Waals surface area contributed by atoms with Gasteiger partial charge in [0.05, 0.1) is 0 Å². The molecule has 0 spiro atoms. The van der Waals surface area contributed by atoms with E-state index in [0.29, 0.717) is 23.2 Å². The van der Waals surface area contributed by atoms with Gasteiger partial charge < -0.3 is 5.32 Å². The topological polar surface area (TPSA) is 75.2 Å². The molecule has 1 saturated carbocycles. The standard InChI is InChI=1S/C14H18N4O2S2/c1-18(22(19,20)13-3-2-10-21-13)9-8-15-12-6-7-16-14(17-12)11-4-5-11/h2-3,6-7,10-11H,4-5,8-9H2,1H3,(H,15,16,17). The van der Waals surface area contributed by atoms with Gasteiger partial charge in [0, 0.05) is 32.3 Å². The number of aromatic nitrogens is 2. The fourth-order valence-electron chi connectivity index (χ4n) is 2.04. The average Bonchev–Trinajstić information content (AvgIpc) is 3.21. The van der Waals surface area contributed by atoms with Crippen molar-refractivity contribution in [3.63, 3.8) is 0 Å². The molecule has 1 aliphatic carbocycles. The Morgan fingerprint density at radius 1 is 1.41 bits per heavy atom. The molecule has 8 heteroatoms. The molecule has 22 heavy (non-hydrogen) atoms. The third-order valence-electron chi connectivity index (χ3n) is 3.51. The highest BCUT2D eigenvalue weighted by atomic mass is 32.2. The minimum atomic E-state index is -3.38. The van der Waals surface area contributed by atoms with Crippen LogP contribution < -0.4 is 5.32 Å². The minimum absolute atomic E-state index is 0.369. The molecule has 0 aliphatic heterocycles. The third kappa shape index (κ3) is 3.45. The van der Waals surface area contributed by atoms with Crippen LogP contribution in [0.4, 0.5) is 5.82 Å². The van der Waals surface area contributed by atoms with E-state index < -0.39 is 10.0 Å². The molecule has 1 aliphatic rings. The molecule has 3 rings (SSSR count). The van der Waals surface area contributed by atoms with Gasteiger partial charge in [0.2, 0.25) is 0 Å². The van der Waals surface area contributed by atoms with Crippen LogP contribution in [0.3, 0.4) is 0 Å². The van der Waals surface area contributed by atoms with Gasteiger partial charge in [-0.15, -0.1) is 11.3 Å². The number of thiophene rings is 1. The zero-order chi connectivity index (χ0) is 15.6. The zero-order valence-electron chi connectivity index (χ0n) is 12.3. The lowest BCUT2D eigenvalue weighted by atomic mass is 10.4. The second kappa shape index (κ2) is 6.31. The first-order valence-corrected chi connectivity index (χ1v) is 9.46. The number of nitrogens with one attached hydrogen (secondary N) is 1. The second-order valence-electron chi connectivity index (χ2n) is 5.26. The largest absolute Gasteiger partial charge is 0.369 e. The van der Waals surface area contributed by atoms with Crippen molar-refractivity contribution in [2.75, 3.05) is 25.5 Å². The van der Waals surface area contributed by atoms with Crippen LogP contribution in [0.25, 0.3) is 0 Å². The van der Waals surface area contributed by atoms with Gasteiger partial charge in [-0.1, -0.05) is 6.07 Å². The molecule has 0 aromatic carbocycles. The van der Waals surface area contributed by atoms with E-state index in [2.05, 4.69) is 15.3 Å². The lowest BCUT2D eigenvalue weighted by Gasteiger charge is -2.16. The monoisotopic (exact) mass is 338 g/mol. The highest BCUT2D eigenvalue weighted by molar-refractivity contribution is 7.91. The fourth-order valence-corrected chi connectivity index (χ4v) is 4.41. The Bertz CT molecular complexity index is 727. The Hall–Kier alpha value is -1.51. The first kappa shape index (κ1) is 15.4. The number of hydrogen-bond acceptors (Lipinski definition) is 6. The number of nitrogens with zero attached hydrogens (tertiary/aromatic N) is 3. The highest BCUT2D eigenvalue weighted by Gasteiger charge is 2.26. The van der Waals surface area contributed by atoms with Gasteiger partial charge in [0.1, 0.15) is 15.9 Å². The van der Waals surface area contributed by atoms with Gasteiger partial charge in [0.25, 0.3) is 10.0 Å². The summed E-state index contributed by atoms with van der Waals surface area (Å²) >= 11 is 1.23. The van der Waals surface area contributed by atoms with Crippen molar-refractivity contribution >= 4 is 27.2 Å². The molecule has 0 unspecified atom stereocenters. The van der Waals surface area contributed by atoms with Crippen LogP contribution in [-0.2, 0) is 10.0 Å². The number of likely N-dealkylation sites (N-methyl/N-ethyl adjacent to an activating group) is 1. The van der Waals surface area contributed by atoms with Gasteiger partial charge in [-0.2, -0.15) is 4.31 Å². The Morgan fingerprint density at radius 2 is 2.23 bits per heavy atom. The quantitative estimate of drug-likeness (QED) is 0.837. The SMILES string of the molecule is CN(CCNc1ccnc(C2CC2)n1)S(=O)(=O)c1cccs1. The molecular formula is C14H18N4O2S2. The maximum absolute atomic E-state index is 12.3. The summed E-state index contributed by atoms with van der Waals surface area (Å²) in [4.78, 5) is 8.72. The van der Waals surface area contributed by atoms with Crippen LogP contribution in [0, 0.1) is 0 Å². The first-order valence-electron chi connectivity index (χ1n) is 7.14. The van der Waals surface area contributed by atoms with E-state index in [1.807, 2.05) is 0 Å². The zero-order valence-corrected chi connectivity index (χ0v) is 13.9. The molecule has 0 amide bonds. The molecule has 0 bridgehead atoms. The van der Waals surface area contributed by atoms with Crippen LogP contribution in [0.1, 0.15) is 24.6 Å². The number of sulfonamides is 1. The smallest absolute Gasteiger partial charge is 0.252 e. The average molecular weight is 338 g/mol. The number of anilines is 1. The summed E-state index contributed by atoms with van der Waals surface area (Å²) < 4.78 is 26.3. The summed E-state index contributed by atoms with van der Waals surface area (Å²) in [6.45, 7) is 0.880. The lowest BCUT2D eigenvalue weighted by molar-refractivity contribution is 0.482. The maximum Gasteiger partial charge on any atom is 0.252 e. The summed E-state index contributed by atoms with van der Waals surface area (Å²) in [7, 11) is -1.79. The van der Waals surface area contributed by atoms with Crippen molar-refractivity contribution in [1.82, 2.24) is 14.3 Å². The predicted molar refractivity (Wildman–Crippen MR) is 86.6 cm³/mol. The molecule has 1 N–H and O–H groups in total. The molecule has 2 heterocycles. The van der Waals surface area contributed by atoms with Crippen molar-refractivity contribution in [2.45, 2.75) is 23.0 Å². The van der Waals surface area contributed by atoms with Crippen LogP contribution in [0.15, 0.2) is 34.0 Å². The molecule has 118 valence electrons. The van der Waals surface area contributed by atoms with Gasteiger partial charge >= 0.3 is 0 Å². The van der Waals surface area contributed by atoms with Gasteiger partial charge in [-0.3, -0.25) is 0 Å². The van der Waals surface area contributed by atoms with E-state index >= 15 is 0 Å². The van der Waals surface area contributed by atoms with Crippen LogP contribution in [-0.4, -0.2) is 42.8 Å². The van der Waals surface area contributed by atoms with Crippen LogP contribution in [0.5, 0.6) is 0 Å². The van der Waals surface area contributed by atoms with Crippen molar-refractivity contribution in [1.29, 1.82) is 0 Å². The Morgan fingerprint density at radius 3 is 2.91 bits per heavy atom. The molecule has 6 nitrogen and oxygen atoms in total. The van der Waals surface area contributed by atoms with Crippen molar-refractivity contribution in [3.8, 4) is 0 Å². The van der Waals surface area contributed by atoms with Gasteiger partial charge in [-0.25, -0.2) is 18.4 Å². The van der Waals surface area contributed by atoms with Crippen LogP contribution in [0.2, 0.25) is 0 Å². The van der Waals surface area contributed by atoms with Crippen molar-refractivity contribution < 1.29 is 8.42 Å². The van der Waals surface area contributed by atoms with E-state index in [-0.39, 0.29) is 0 Å². The molecule has 0 saturated heterocycles.